The highest BCUT2D eigenvalue weighted by atomic mass is 35.5. The monoisotopic (exact) mass is 324 g/mol. The molecule has 0 aliphatic carbocycles. The summed E-state index contributed by atoms with van der Waals surface area (Å²) in [6, 6.07) is 7.50. The molecule has 1 aromatic carbocycles. The van der Waals surface area contributed by atoms with Gasteiger partial charge in [0.1, 0.15) is 5.69 Å². The molecule has 0 unspecified atom stereocenters. The standard InChI is InChI=1S/C14H10Cl2N2O3/c1-7-8(14(20)21)5-6-11(17-7)13(19)18-12-9(15)3-2-4-10(12)16/h2-6H,1H3,(H,18,19)(H,20,21). The van der Waals surface area contributed by atoms with Crippen molar-refractivity contribution >= 4 is 40.8 Å². The molecule has 0 fully saturated rings. The second kappa shape index (κ2) is 6.11. The molecule has 21 heavy (non-hydrogen) atoms. The van der Waals surface area contributed by atoms with Crippen LogP contribution in [0.5, 0.6) is 0 Å². The van der Waals surface area contributed by atoms with Gasteiger partial charge in [0.2, 0.25) is 0 Å². The van der Waals surface area contributed by atoms with Crippen LogP contribution in [0.25, 0.3) is 0 Å². The van der Waals surface area contributed by atoms with E-state index in [4.69, 9.17) is 28.3 Å². The lowest BCUT2D eigenvalue weighted by Crippen LogP contribution is -2.16. The Morgan fingerprint density at radius 1 is 1.14 bits per heavy atom. The Balaban J connectivity index is 2.29. The molecule has 0 aliphatic rings. The van der Waals surface area contributed by atoms with E-state index < -0.39 is 11.9 Å². The number of carboxylic acids is 1. The highest BCUT2D eigenvalue weighted by molar-refractivity contribution is 6.40. The number of benzene rings is 1. The van der Waals surface area contributed by atoms with Gasteiger partial charge in [-0.1, -0.05) is 29.3 Å². The van der Waals surface area contributed by atoms with Gasteiger partial charge < -0.3 is 10.4 Å². The van der Waals surface area contributed by atoms with Crippen molar-refractivity contribution in [3.63, 3.8) is 0 Å². The number of rotatable bonds is 3. The van der Waals surface area contributed by atoms with E-state index in [1.54, 1.807) is 18.2 Å². The number of nitrogens with zero attached hydrogens (tertiary/aromatic N) is 1. The Hall–Kier alpha value is -2.11. The summed E-state index contributed by atoms with van der Waals surface area (Å²) in [5, 5.41) is 12.1. The number of carbonyl (C=O) groups excluding carboxylic acids is 1. The summed E-state index contributed by atoms with van der Waals surface area (Å²) in [6.07, 6.45) is 0. The molecule has 0 saturated carbocycles. The third kappa shape index (κ3) is 3.32. The van der Waals surface area contributed by atoms with Gasteiger partial charge in [0.15, 0.2) is 0 Å². The first kappa shape index (κ1) is 15.3. The lowest BCUT2D eigenvalue weighted by molar-refractivity contribution is 0.0695. The number of hydrogen-bond acceptors (Lipinski definition) is 3. The maximum atomic E-state index is 12.1. The molecule has 5 nitrogen and oxygen atoms in total. The number of aromatic carboxylic acids is 1. The van der Waals surface area contributed by atoms with Gasteiger partial charge in [-0.05, 0) is 31.2 Å². The number of hydrogen-bond donors (Lipinski definition) is 2. The van der Waals surface area contributed by atoms with Gasteiger partial charge in [-0.2, -0.15) is 0 Å². The van der Waals surface area contributed by atoms with Gasteiger partial charge in [-0.3, -0.25) is 4.79 Å². The number of halogens is 2. The molecule has 7 heteroatoms. The predicted octanol–water partition coefficient (Wildman–Crippen LogP) is 3.65. The maximum absolute atomic E-state index is 12.1. The van der Waals surface area contributed by atoms with E-state index in [2.05, 4.69) is 10.3 Å². The Labute approximate surface area is 130 Å². The average Bonchev–Trinajstić information content (AvgIpc) is 2.42. The summed E-state index contributed by atoms with van der Waals surface area (Å²) in [5.41, 5.74) is 0.656. The third-order valence-electron chi connectivity index (χ3n) is 2.75. The van der Waals surface area contributed by atoms with Crippen molar-refractivity contribution in [1.29, 1.82) is 0 Å². The smallest absolute Gasteiger partial charge is 0.337 e. The van der Waals surface area contributed by atoms with Gasteiger partial charge in [0.25, 0.3) is 5.91 Å². The minimum absolute atomic E-state index is 0.0438. The van der Waals surface area contributed by atoms with E-state index in [0.717, 1.165) is 0 Å². The predicted molar refractivity (Wildman–Crippen MR) is 80.3 cm³/mol. The van der Waals surface area contributed by atoms with Gasteiger partial charge in [-0.25, -0.2) is 9.78 Å². The van der Waals surface area contributed by atoms with E-state index >= 15 is 0 Å². The first-order valence-corrected chi connectivity index (χ1v) is 6.62. The molecule has 0 aliphatic heterocycles. The molecule has 0 spiro atoms. The Kier molecular flexibility index (Phi) is 4.45. The number of aromatic nitrogens is 1. The number of amides is 1. The van der Waals surface area contributed by atoms with Crippen LogP contribution in [-0.4, -0.2) is 22.0 Å². The maximum Gasteiger partial charge on any atom is 0.337 e. The van der Waals surface area contributed by atoms with E-state index in [0.29, 0.717) is 10.0 Å². The zero-order chi connectivity index (χ0) is 15.6. The first-order valence-electron chi connectivity index (χ1n) is 5.86. The Morgan fingerprint density at radius 2 is 1.76 bits per heavy atom. The van der Waals surface area contributed by atoms with E-state index in [1.165, 1.54) is 19.1 Å². The van der Waals surface area contributed by atoms with Crippen LogP contribution in [0.15, 0.2) is 30.3 Å². The zero-order valence-corrected chi connectivity index (χ0v) is 12.4. The van der Waals surface area contributed by atoms with Gasteiger partial charge in [-0.15, -0.1) is 0 Å². The summed E-state index contributed by atoms with van der Waals surface area (Å²) in [6.45, 7) is 1.52. The fourth-order valence-electron chi connectivity index (χ4n) is 1.71. The van der Waals surface area contributed by atoms with Crippen LogP contribution in [0.2, 0.25) is 10.0 Å². The van der Waals surface area contributed by atoms with Crippen molar-refractivity contribution in [2.75, 3.05) is 5.32 Å². The lowest BCUT2D eigenvalue weighted by atomic mass is 10.2. The highest BCUT2D eigenvalue weighted by Gasteiger charge is 2.15. The van der Waals surface area contributed by atoms with Gasteiger partial charge in [0.05, 0.1) is 27.0 Å². The summed E-state index contributed by atoms with van der Waals surface area (Å²) in [7, 11) is 0. The number of carbonyl (C=O) groups is 2. The molecule has 2 N–H and O–H groups in total. The van der Waals surface area contributed by atoms with Crippen molar-refractivity contribution in [2.45, 2.75) is 6.92 Å². The third-order valence-corrected chi connectivity index (χ3v) is 3.38. The van der Waals surface area contributed by atoms with Gasteiger partial charge >= 0.3 is 5.97 Å². The second-order valence-corrected chi connectivity index (χ2v) is 5.00. The van der Waals surface area contributed by atoms with Crippen molar-refractivity contribution in [3.05, 3.63) is 57.3 Å². The van der Waals surface area contributed by atoms with Crippen LogP contribution in [0.3, 0.4) is 0 Å². The van der Waals surface area contributed by atoms with Crippen molar-refractivity contribution in [1.82, 2.24) is 4.98 Å². The van der Waals surface area contributed by atoms with Crippen molar-refractivity contribution in [3.8, 4) is 0 Å². The Morgan fingerprint density at radius 3 is 2.29 bits per heavy atom. The summed E-state index contributed by atoms with van der Waals surface area (Å²) < 4.78 is 0. The highest BCUT2D eigenvalue weighted by Crippen LogP contribution is 2.30. The molecular formula is C14H10Cl2N2O3. The fourth-order valence-corrected chi connectivity index (χ4v) is 2.20. The van der Waals surface area contributed by atoms with Crippen LogP contribution in [0, 0.1) is 6.92 Å². The van der Waals surface area contributed by atoms with Crippen LogP contribution in [0.4, 0.5) is 5.69 Å². The first-order chi connectivity index (χ1) is 9.90. The number of anilines is 1. The molecular weight excluding hydrogens is 315 g/mol. The second-order valence-electron chi connectivity index (χ2n) is 4.19. The van der Waals surface area contributed by atoms with Crippen molar-refractivity contribution in [2.24, 2.45) is 0 Å². The topological polar surface area (TPSA) is 79.3 Å². The number of para-hydroxylation sites is 1. The molecule has 108 valence electrons. The minimum Gasteiger partial charge on any atom is -0.478 e. The average molecular weight is 325 g/mol. The summed E-state index contributed by atoms with van der Waals surface area (Å²) in [4.78, 5) is 27.0. The minimum atomic E-state index is -1.10. The Bertz CT molecular complexity index is 712. The molecule has 1 amide bonds. The number of pyridine rings is 1. The normalized spacial score (nSPS) is 10.2. The van der Waals surface area contributed by atoms with E-state index in [9.17, 15) is 9.59 Å². The fraction of sp³-hybridized carbons (Fsp3) is 0.0714. The van der Waals surface area contributed by atoms with Crippen LogP contribution in [-0.2, 0) is 0 Å². The molecule has 1 aromatic heterocycles. The van der Waals surface area contributed by atoms with Crippen molar-refractivity contribution < 1.29 is 14.7 Å². The molecule has 0 bridgehead atoms. The number of nitrogens with one attached hydrogen (secondary N) is 1. The molecule has 0 saturated heterocycles. The van der Waals surface area contributed by atoms with Crippen LogP contribution < -0.4 is 5.32 Å². The zero-order valence-electron chi connectivity index (χ0n) is 10.9. The lowest BCUT2D eigenvalue weighted by Gasteiger charge is -2.09. The largest absolute Gasteiger partial charge is 0.478 e. The van der Waals surface area contributed by atoms with Crippen LogP contribution >= 0.6 is 23.2 Å². The quantitative estimate of drug-likeness (QED) is 0.903. The number of aryl methyl sites for hydroxylation is 1. The molecule has 2 rings (SSSR count). The van der Waals surface area contributed by atoms with Gasteiger partial charge in [0, 0.05) is 0 Å². The van der Waals surface area contributed by atoms with E-state index in [1.807, 2.05) is 0 Å². The molecule has 0 radical (unpaired) electrons. The van der Waals surface area contributed by atoms with Crippen LogP contribution in [0.1, 0.15) is 26.5 Å². The summed E-state index contributed by atoms with van der Waals surface area (Å²) in [5.74, 6) is -1.62. The number of carboxylic acid groups (broad SMARTS) is 1. The molecule has 2 aromatic rings. The summed E-state index contributed by atoms with van der Waals surface area (Å²) >= 11 is 11.9. The van der Waals surface area contributed by atoms with E-state index in [-0.39, 0.29) is 22.6 Å². The molecule has 1 heterocycles. The molecule has 0 atom stereocenters. The SMILES string of the molecule is Cc1nc(C(=O)Nc2c(Cl)cccc2Cl)ccc1C(=O)O.